The Balaban J connectivity index is 1.67. The number of thioether (sulfide) groups is 1. The summed E-state index contributed by atoms with van der Waals surface area (Å²) in [4.78, 5) is 39.2. The molecule has 0 saturated carbocycles. The number of aromatic hydroxyl groups is 1. The highest BCUT2D eigenvalue weighted by Crippen LogP contribution is 2.40. The largest absolute Gasteiger partial charge is 0.506 e. The van der Waals surface area contributed by atoms with E-state index in [0.29, 0.717) is 35.6 Å². The average Bonchev–Trinajstić information content (AvgIpc) is 3.01. The summed E-state index contributed by atoms with van der Waals surface area (Å²) in [5.41, 5.74) is 6.92. The van der Waals surface area contributed by atoms with Crippen LogP contribution in [-0.4, -0.2) is 56.6 Å². The molecular formula is C18H17N3O5S. The Hall–Kier alpha value is -2.78. The number of rotatable bonds is 3. The van der Waals surface area contributed by atoms with Gasteiger partial charge in [-0.25, -0.2) is 4.79 Å². The van der Waals surface area contributed by atoms with Crippen LogP contribution in [0.2, 0.25) is 0 Å². The lowest BCUT2D eigenvalue weighted by atomic mass is 10.0. The molecule has 3 aliphatic rings. The zero-order valence-electron chi connectivity index (χ0n) is 14.2. The van der Waals surface area contributed by atoms with E-state index in [9.17, 15) is 24.6 Å². The molecule has 2 atom stereocenters. The minimum atomic E-state index is -1.21. The number of nitrogens with zero attached hydrogens (tertiary/aromatic N) is 2. The highest BCUT2D eigenvalue weighted by Gasteiger charge is 2.51. The first kappa shape index (κ1) is 17.6. The van der Waals surface area contributed by atoms with Gasteiger partial charge in [-0.2, -0.15) is 0 Å². The van der Waals surface area contributed by atoms with Gasteiger partial charge < -0.3 is 20.8 Å². The third-order valence-electron chi connectivity index (χ3n) is 4.89. The van der Waals surface area contributed by atoms with Crippen molar-refractivity contribution in [3.63, 3.8) is 0 Å². The SMILES string of the molecule is N[C@@H]1C(=O)N2C(C(=O)O)=C(/C=C3\CCN(c4ccccc4O)C3=O)CS[C@H]12. The van der Waals surface area contributed by atoms with Crippen LogP contribution in [0.3, 0.4) is 0 Å². The zero-order valence-corrected chi connectivity index (χ0v) is 15.0. The molecule has 27 heavy (non-hydrogen) atoms. The third-order valence-corrected chi connectivity index (χ3v) is 6.21. The Kier molecular flexibility index (Phi) is 4.20. The van der Waals surface area contributed by atoms with Gasteiger partial charge in [0.2, 0.25) is 5.91 Å². The van der Waals surface area contributed by atoms with Crippen LogP contribution in [0.25, 0.3) is 0 Å². The fraction of sp³-hybridized carbons (Fsp3) is 0.278. The molecule has 8 nitrogen and oxygen atoms in total. The second-order valence-corrected chi connectivity index (χ2v) is 7.58. The molecule has 2 amide bonds. The molecule has 4 rings (SSSR count). The molecular weight excluding hydrogens is 370 g/mol. The summed E-state index contributed by atoms with van der Waals surface area (Å²) < 4.78 is 0. The molecule has 9 heteroatoms. The van der Waals surface area contributed by atoms with Gasteiger partial charge in [-0.15, -0.1) is 11.8 Å². The van der Waals surface area contributed by atoms with Crippen molar-refractivity contribution in [1.29, 1.82) is 0 Å². The van der Waals surface area contributed by atoms with Gasteiger partial charge in [0, 0.05) is 17.9 Å². The van der Waals surface area contributed by atoms with Crippen LogP contribution in [0, 0.1) is 0 Å². The normalized spacial score (nSPS) is 26.5. The van der Waals surface area contributed by atoms with Gasteiger partial charge in [0.15, 0.2) is 0 Å². The molecule has 3 heterocycles. The maximum atomic E-state index is 12.8. The number of aliphatic carboxylic acids is 1. The monoisotopic (exact) mass is 387 g/mol. The fourth-order valence-electron chi connectivity index (χ4n) is 3.53. The number of anilines is 1. The summed E-state index contributed by atoms with van der Waals surface area (Å²) in [6, 6.07) is 5.87. The Morgan fingerprint density at radius 1 is 1.30 bits per heavy atom. The highest BCUT2D eigenvalue weighted by atomic mass is 32.2. The van der Waals surface area contributed by atoms with Gasteiger partial charge in [0.25, 0.3) is 5.91 Å². The van der Waals surface area contributed by atoms with Crippen molar-refractivity contribution < 1.29 is 24.6 Å². The molecule has 1 aromatic rings. The Labute approximate surface area is 158 Å². The number of phenolic OH excluding ortho intramolecular Hbond substituents is 1. The van der Waals surface area contributed by atoms with E-state index in [1.54, 1.807) is 24.3 Å². The number of benzene rings is 1. The van der Waals surface area contributed by atoms with E-state index in [1.165, 1.54) is 27.6 Å². The molecule has 0 aromatic heterocycles. The lowest BCUT2D eigenvalue weighted by Gasteiger charge is -2.47. The Morgan fingerprint density at radius 2 is 2.04 bits per heavy atom. The minimum Gasteiger partial charge on any atom is -0.506 e. The van der Waals surface area contributed by atoms with Crippen molar-refractivity contribution in [2.45, 2.75) is 17.8 Å². The van der Waals surface area contributed by atoms with E-state index in [-0.39, 0.29) is 22.7 Å². The molecule has 0 radical (unpaired) electrons. The Bertz CT molecular complexity index is 925. The predicted octanol–water partition coefficient (Wildman–Crippen LogP) is 0.636. The average molecular weight is 387 g/mol. The molecule has 0 spiro atoms. The predicted molar refractivity (Wildman–Crippen MR) is 98.9 cm³/mol. The van der Waals surface area contributed by atoms with Crippen LogP contribution in [0.1, 0.15) is 6.42 Å². The highest BCUT2D eigenvalue weighted by molar-refractivity contribution is 8.00. The lowest BCUT2D eigenvalue weighted by molar-refractivity contribution is -0.147. The topological polar surface area (TPSA) is 124 Å². The molecule has 2 fully saturated rings. The van der Waals surface area contributed by atoms with E-state index in [0.717, 1.165) is 0 Å². The van der Waals surface area contributed by atoms with Crippen molar-refractivity contribution in [1.82, 2.24) is 4.90 Å². The van der Waals surface area contributed by atoms with Gasteiger partial charge in [-0.1, -0.05) is 12.1 Å². The first-order chi connectivity index (χ1) is 12.9. The summed E-state index contributed by atoms with van der Waals surface area (Å²) in [7, 11) is 0. The number of carboxylic acids is 1. The smallest absolute Gasteiger partial charge is 0.352 e. The first-order valence-corrected chi connectivity index (χ1v) is 9.42. The summed E-state index contributed by atoms with van der Waals surface area (Å²) in [5.74, 6) is -1.55. The van der Waals surface area contributed by atoms with E-state index in [4.69, 9.17) is 5.73 Å². The summed E-state index contributed by atoms with van der Waals surface area (Å²) in [6.45, 7) is 0.390. The van der Waals surface area contributed by atoms with E-state index < -0.39 is 17.9 Å². The molecule has 1 aromatic carbocycles. The summed E-state index contributed by atoms with van der Waals surface area (Å²) in [5, 5.41) is 19.2. The molecule has 0 unspecified atom stereocenters. The maximum absolute atomic E-state index is 12.8. The number of carbonyl (C=O) groups excluding carboxylic acids is 2. The minimum absolute atomic E-state index is 0.00812. The van der Waals surface area contributed by atoms with Gasteiger partial charge >= 0.3 is 5.97 Å². The van der Waals surface area contributed by atoms with Crippen molar-refractivity contribution in [2.75, 3.05) is 17.2 Å². The third kappa shape index (κ3) is 2.70. The maximum Gasteiger partial charge on any atom is 0.352 e. The molecule has 0 aliphatic carbocycles. The van der Waals surface area contributed by atoms with Crippen molar-refractivity contribution in [3.05, 3.63) is 47.2 Å². The standard InChI is InChI=1S/C18H17N3O5S/c19-13-16(24)21-14(18(25)26)10(8-27-17(13)21)7-9-5-6-20(15(9)23)11-3-1-2-4-12(11)22/h1-4,7,13,17,22H,5-6,8,19H2,(H,25,26)/b9-7+/t13-,17-/m1/s1. The number of hydrogen-bond acceptors (Lipinski definition) is 6. The second kappa shape index (κ2) is 6.43. The van der Waals surface area contributed by atoms with Crippen LogP contribution in [0.5, 0.6) is 5.75 Å². The quantitative estimate of drug-likeness (QED) is 0.513. The number of carboxylic acid groups (broad SMARTS) is 1. The van der Waals surface area contributed by atoms with Gasteiger partial charge in [-0.05, 0) is 30.2 Å². The van der Waals surface area contributed by atoms with Crippen LogP contribution < -0.4 is 10.6 Å². The van der Waals surface area contributed by atoms with Crippen LogP contribution in [-0.2, 0) is 14.4 Å². The van der Waals surface area contributed by atoms with Crippen molar-refractivity contribution in [3.8, 4) is 5.75 Å². The molecule has 4 N–H and O–H groups in total. The second-order valence-electron chi connectivity index (χ2n) is 6.48. The number of carbonyl (C=O) groups is 3. The summed E-state index contributed by atoms with van der Waals surface area (Å²) in [6.07, 6.45) is 1.98. The number of β-lactam (4-membered cyclic amide) rings is 1. The zero-order chi connectivity index (χ0) is 19.3. The van der Waals surface area contributed by atoms with E-state index in [2.05, 4.69) is 0 Å². The fourth-order valence-corrected chi connectivity index (χ4v) is 4.78. The number of hydrogen-bond donors (Lipinski definition) is 3. The summed E-state index contributed by atoms with van der Waals surface area (Å²) >= 11 is 1.39. The van der Waals surface area contributed by atoms with Crippen LogP contribution >= 0.6 is 11.8 Å². The molecule has 3 aliphatic heterocycles. The van der Waals surface area contributed by atoms with Crippen LogP contribution in [0.15, 0.2) is 47.2 Å². The number of allylic oxidation sites excluding steroid dienone is 1. The number of fused-ring (bicyclic) bond motifs is 1. The van der Waals surface area contributed by atoms with E-state index in [1.807, 2.05) is 0 Å². The number of nitrogens with two attached hydrogens (primary N) is 1. The van der Waals surface area contributed by atoms with Crippen LogP contribution in [0.4, 0.5) is 5.69 Å². The molecule has 0 bridgehead atoms. The molecule has 140 valence electrons. The number of phenols is 1. The lowest BCUT2D eigenvalue weighted by Crippen LogP contribution is -2.68. The van der Waals surface area contributed by atoms with E-state index >= 15 is 0 Å². The Morgan fingerprint density at radius 3 is 2.74 bits per heavy atom. The first-order valence-electron chi connectivity index (χ1n) is 8.37. The number of para-hydroxylation sites is 2. The number of amides is 2. The van der Waals surface area contributed by atoms with Gasteiger partial charge in [-0.3, -0.25) is 14.5 Å². The molecule has 2 saturated heterocycles. The van der Waals surface area contributed by atoms with Crippen molar-refractivity contribution in [2.24, 2.45) is 5.73 Å². The van der Waals surface area contributed by atoms with Gasteiger partial charge in [0.05, 0.1) is 5.69 Å². The van der Waals surface area contributed by atoms with Crippen molar-refractivity contribution >= 4 is 35.2 Å². The van der Waals surface area contributed by atoms with Gasteiger partial charge in [0.1, 0.15) is 22.9 Å².